The Kier molecular flexibility index (Phi) is 3.51. The summed E-state index contributed by atoms with van der Waals surface area (Å²) in [5, 5.41) is 2.87. The van der Waals surface area contributed by atoms with Crippen molar-refractivity contribution >= 4 is 22.0 Å². The van der Waals surface area contributed by atoms with Crippen LogP contribution in [0.25, 0.3) is 5.57 Å². The highest BCUT2D eigenvalue weighted by Gasteiger charge is 2.56. The van der Waals surface area contributed by atoms with Gasteiger partial charge in [-0.25, -0.2) is 4.98 Å². The standard InChI is InChI=1S/C22H30N2S/c1-21-11-4-3-5-14(21)6-7-15-16-8-9-18(19-13-25-20(23)24-19)22(16,2)12-10-17(15)21/h6,9,13,15-17H,3-5,7-8,10-12H2,1-2H3,(H2,23,24)/t15-,16-,17-,21-,22-/m0/s1. The van der Waals surface area contributed by atoms with Crippen molar-refractivity contribution < 1.29 is 0 Å². The van der Waals surface area contributed by atoms with Gasteiger partial charge in [-0.1, -0.05) is 38.0 Å². The van der Waals surface area contributed by atoms with Crippen LogP contribution < -0.4 is 5.73 Å². The minimum Gasteiger partial charge on any atom is -0.375 e. The Bertz CT molecular complexity index is 760. The first-order valence-corrected chi connectivity index (χ1v) is 11.0. The van der Waals surface area contributed by atoms with Crippen molar-refractivity contribution in [2.45, 2.75) is 65.2 Å². The molecule has 3 heteroatoms. The zero-order chi connectivity index (χ0) is 17.2. The van der Waals surface area contributed by atoms with E-state index in [0.29, 0.717) is 16.0 Å². The Morgan fingerprint density at radius 3 is 2.76 bits per heavy atom. The van der Waals surface area contributed by atoms with E-state index < -0.39 is 0 Å². The molecule has 0 spiro atoms. The summed E-state index contributed by atoms with van der Waals surface area (Å²) in [5.74, 6) is 2.55. The van der Waals surface area contributed by atoms with Gasteiger partial charge in [0.15, 0.2) is 5.13 Å². The van der Waals surface area contributed by atoms with Crippen molar-refractivity contribution in [1.29, 1.82) is 0 Å². The van der Waals surface area contributed by atoms with Crippen molar-refractivity contribution in [3.05, 3.63) is 28.8 Å². The lowest BCUT2D eigenvalue weighted by atomic mass is 9.47. The maximum absolute atomic E-state index is 5.93. The van der Waals surface area contributed by atoms with Gasteiger partial charge in [0, 0.05) is 5.38 Å². The van der Waals surface area contributed by atoms with Crippen LogP contribution >= 0.6 is 11.3 Å². The summed E-state index contributed by atoms with van der Waals surface area (Å²) in [6, 6.07) is 0. The zero-order valence-electron chi connectivity index (χ0n) is 15.6. The lowest BCUT2D eigenvalue weighted by Gasteiger charge is -2.57. The van der Waals surface area contributed by atoms with Gasteiger partial charge >= 0.3 is 0 Å². The van der Waals surface area contributed by atoms with E-state index in [2.05, 4.69) is 36.4 Å². The summed E-state index contributed by atoms with van der Waals surface area (Å²) in [7, 11) is 0. The predicted octanol–water partition coefficient (Wildman–Crippen LogP) is 6.07. The van der Waals surface area contributed by atoms with E-state index >= 15 is 0 Å². The fraction of sp³-hybridized carbons (Fsp3) is 0.682. The van der Waals surface area contributed by atoms with Crippen LogP contribution in [-0.2, 0) is 0 Å². The molecule has 0 aliphatic heterocycles. The third kappa shape index (κ3) is 2.17. The quantitative estimate of drug-likeness (QED) is 0.621. The van der Waals surface area contributed by atoms with Crippen molar-refractivity contribution in [2.24, 2.45) is 28.6 Å². The monoisotopic (exact) mass is 354 g/mol. The maximum Gasteiger partial charge on any atom is 0.180 e. The molecule has 1 aromatic rings. The van der Waals surface area contributed by atoms with Gasteiger partial charge in [0.2, 0.25) is 0 Å². The molecule has 5 rings (SSSR count). The molecule has 1 heterocycles. The lowest BCUT2D eigenvalue weighted by Crippen LogP contribution is -2.48. The number of hydrogen-bond acceptors (Lipinski definition) is 3. The average molecular weight is 355 g/mol. The number of nitrogen functional groups attached to an aromatic ring is 1. The maximum atomic E-state index is 5.93. The summed E-state index contributed by atoms with van der Waals surface area (Å²) in [6.07, 6.45) is 16.1. The Labute approximate surface area is 155 Å². The molecule has 2 saturated carbocycles. The number of rotatable bonds is 1. The SMILES string of the molecule is C[C@]12CCCCC1=CC[C@@H]1[C@@H]2CC[C@]2(C)C(c3csc(N)n3)=CC[C@@H]12. The van der Waals surface area contributed by atoms with Crippen molar-refractivity contribution in [3.63, 3.8) is 0 Å². The molecule has 0 bridgehead atoms. The van der Waals surface area contributed by atoms with Crippen molar-refractivity contribution in [3.8, 4) is 0 Å². The van der Waals surface area contributed by atoms with Gasteiger partial charge in [-0.05, 0) is 79.1 Å². The van der Waals surface area contributed by atoms with Crippen LogP contribution in [-0.4, -0.2) is 4.98 Å². The van der Waals surface area contributed by atoms with Gasteiger partial charge in [-0.15, -0.1) is 11.3 Å². The molecule has 1 aromatic heterocycles. The first-order valence-electron chi connectivity index (χ1n) is 10.1. The molecular formula is C22H30N2S. The number of nitrogens with two attached hydrogens (primary N) is 1. The van der Waals surface area contributed by atoms with E-state index in [9.17, 15) is 0 Å². The fourth-order valence-electron chi connectivity index (χ4n) is 7.07. The molecule has 25 heavy (non-hydrogen) atoms. The van der Waals surface area contributed by atoms with Gasteiger partial charge in [-0.2, -0.15) is 0 Å². The molecule has 0 saturated heterocycles. The minimum absolute atomic E-state index is 0.304. The van der Waals surface area contributed by atoms with E-state index in [4.69, 9.17) is 5.73 Å². The van der Waals surface area contributed by atoms with Gasteiger partial charge in [0.1, 0.15) is 0 Å². The Morgan fingerprint density at radius 2 is 1.96 bits per heavy atom. The summed E-state index contributed by atoms with van der Waals surface area (Å²) in [5.41, 5.74) is 11.2. The molecule has 4 aliphatic rings. The Balaban J connectivity index is 1.49. The predicted molar refractivity (Wildman–Crippen MR) is 106 cm³/mol. The molecule has 0 radical (unpaired) electrons. The molecule has 134 valence electrons. The molecule has 4 aliphatic carbocycles. The number of thiazole rings is 1. The number of anilines is 1. The zero-order valence-corrected chi connectivity index (χ0v) is 16.4. The smallest absolute Gasteiger partial charge is 0.180 e. The second-order valence-electron chi connectivity index (χ2n) is 9.35. The van der Waals surface area contributed by atoms with Crippen LogP contribution in [0.4, 0.5) is 5.13 Å². The average Bonchev–Trinajstić information content (AvgIpc) is 3.16. The number of nitrogens with zero attached hydrogens (tertiary/aromatic N) is 1. The van der Waals surface area contributed by atoms with Crippen LogP contribution in [0.15, 0.2) is 23.1 Å². The van der Waals surface area contributed by atoms with Gasteiger partial charge in [0.25, 0.3) is 0 Å². The highest BCUT2D eigenvalue weighted by molar-refractivity contribution is 7.13. The third-order valence-electron chi connectivity index (χ3n) is 8.40. The minimum atomic E-state index is 0.304. The topological polar surface area (TPSA) is 38.9 Å². The Hall–Kier alpha value is -1.09. The summed E-state index contributed by atoms with van der Waals surface area (Å²) in [4.78, 5) is 4.63. The first-order chi connectivity index (χ1) is 12.0. The van der Waals surface area contributed by atoms with Crippen LogP contribution in [0.1, 0.15) is 70.9 Å². The van der Waals surface area contributed by atoms with Gasteiger partial charge in [-0.3, -0.25) is 0 Å². The van der Waals surface area contributed by atoms with Crippen molar-refractivity contribution in [1.82, 2.24) is 4.98 Å². The first kappa shape index (κ1) is 16.1. The van der Waals surface area contributed by atoms with Gasteiger partial charge < -0.3 is 5.73 Å². The van der Waals surface area contributed by atoms with Crippen LogP contribution in [0.2, 0.25) is 0 Å². The van der Waals surface area contributed by atoms with E-state index in [1.54, 1.807) is 11.3 Å². The Morgan fingerprint density at radius 1 is 1.08 bits per heavy atom. The van der Waals surface area contributed by atoms with Crippen LogP contribution in [0.3, 0.4) is 0 Å². The number of aromatic nitrogens is 1. The normalized spacial score (nSPS) is 42.9. The molecule has 2 fully saturated rings. The van der Waals surface area contributed by atoms with Gasteiger partial charge in [0.05, 0.1) is 5.69 Å². The summed E-state index contributed by atoms with van der Waals surface area (Å²) < 4.78 is 0. The summed E-state index contributed by atoms with van der Waals surface area (Å²) in [6.45, 7) is 5.12. The molecule has 0 aromatic carbocycles. The second kappa shape index (κ2) is 5.45. The van der Waals surface area contributed by atoms with Crippen molar-refractivity contribution in [2.75, 3.05) is 5.73 Å². The fourth-order valence-corrected chi connectivity index (χ4v) is 7.64. The highest BCUT2D eigenvalue weighted by atomic mass is 32.1. The molecule has 0 amide bonds. The summed E-state index contributed by atoms with van der Waals surface area (Å²) >= 11 is 1.58. The highest BCUT2D eigenvalue weighted by Crippen LogP contribution is 2.66. The van der Waals surface area contributed by atoms with Crippen LogP contribution in [0, 0.1) is 28.6 Å². The van der Waals surface area contributed by atoms with E-state index in [0.717, 1.165) is 23.4 Å². The third-order valence-corrected chi connectivity index (χ3v) is 9.07. The second-order valence-corrected chi connectivity index (χ2v) is 10.2. The number of hydrogen-bond donors (Lipinski definition) is 1. The number of fused-ring (bicyclic) bond motifs is 5. The van der Waals surface area contributed by atoms with Crippen LogP contribution in [0.5, 0.6) is 0 Å². The molecule has 2 nitrogen and oxygen atoms in total. The largest absolute Gasteiger partial charge is 0.375 e. The van der Waals surface area contributed by atoms with E-state index in [-0.39, 0.29) is 0 Å². The molecular weight excluding hydrogens is 324 g/mol. The molecule has 0 unspecified atom stereocenters. The molecule has 5 atom stereocenters. The van der Waals surface area contributed by atoms with E-state index in [1.165, 1.54) is 56.9 Å². The van der Waals surface area contributed by atoms with E-state index in [1.807, 2.05) is 5.57 Å². The lowest BCUT2D eigenvalue weighted by molar-refractivity contribution is -0.00986. The number of allylic oxidation sites excluding steroid dienone is 4. The molecule has 2 N–H and O–H groups in total.